The number of nitrogens with zero attached hydrogens (tertiary/aromatic N) is 4. The van der Waals surface area contributed by atoms with Crippen molar-refractivity contribution in [3.05, 3.63) is 11.9 Å². The van der Waals surface area contributed by atoms with Gasteiger partial charge in [0.15, 0.2) is 6.04 Å². The monoisotopic (exact) mass is 504 g/mol. The number of urea groups is 1. The summed E-state index contributed by atoms with van der Waals surface area (Å²) in [5.41, 5.74) is 0.565. The van der Waals surface area contributed by atoms with Crippen LogP contribution in [0.15, 0.2) is 6.20 Å². The fraction of sp³-hybridized carbons (Fsp3) is 0.632. The van der Waals surface area contributed by atoms with E-state index in [1.165, 1.54) is 10.9 Å². The van der Waals surface area contributed by atoms with Crippen LogP contribution >= 0.6 is 0 Å². The second-order valence-corrected chi connectivity index (χ2v) is 7.52. The number of hydroxylamine groups is 2. The number of carbonyl (C=O) groups excluding carboxylic acids is 2. The van der Waals surface area contributed by atoms with Gasteiger partial charge >= 0.3 is 23.9 Å². The Labute approximate surface area is 198 Å². The number of hydrogen-bond donors (Lipinski definition) is 6. The maximum atomic E-state index is 12.2. The molecule has 15 nitrogen and oxygen atoms in total. The summed E-state index contributed by atoms with van der Waals surface area (Å²) in [6.07, 6.45) is 1.56. The highest BCUT2D eigenvalue weighted by Crippen LogP contribution is 2.08. The summed E-state index contributed by atoms with van der Waals surface area (Å²) in [7, 11) is 0. The van der Waals surface area contributed by atoms with Crippen molar-refractivity contribution >= 4 is 29.8 Å². The molecule has 0 bridgehead atoms. The van der Waals surface area contributed by atoms with Crippen LogP contribution in [0.5, 0.6) is 0 Å². The molecule has 3 amide bonds. The van der Waals surface area contributed by atoms with E-state index in [4.69, 9.17) is 10.2 Å². The van der Waals surface area contributed by atoms with Gasteiger partial charge in [-0.3, -0.25) is 19.2 Å². The summed E-state index contributed by atoms with van der Waals surface area (Å²) in [4.78, 5) is 57.2. The zero-order valence-corrected chi connectivity index (χ0v) is 18.8. The van der Waals surface area contributed by atoms with E-state index >= 15 is 0 Å². The normalized spacial score (nSPS) is 12.4. The van der Waals surface area contributed by atoms with E-state index in [9.17, 15) is 38.7 Å². The van der Waals surface area contributed by atoms with Crippen molar-refractivity contribution in [1.82, 2.24) is 30.7 Å². The molecule has 6 N–H and O–H groups in total. The van der Waals surface area contributed by atoms with Crippen molar-refractivity contribution in [3.63, 3.8) is 0 Å². The molecule has 0 aliphatic carbocycles. The van der Waals surface area contributed by atoms with Gasteiger partial charge in [0.05, 0.1) is 12.4 Å². The van der Waals surface area contributed by atoms with Crippen molar-refractivity contribution < 1.29 is 48.9 Å². The molecule has 0 saturated carbocycles. The molecule has 16 heteroatoms. The van der Waals surface area contributed by atoms with Crippen LogP contribution in [0.4, 0.5) is 9.18 Å². The number of alkyl halides is 1. The Hall–Kier alpha value is -3.82. The number of carbonyl (C=O) groups is 5. The minimum Gasteiger partial charge on any atom is -0.481 e. The molecule has 0 spiro atoms. The zero-order valence-electron chi connectivity index (χ0n) is 18.8. The average Bonchev–Trinajstić information content (AvgIpc) is 3.22. The SMILES string of the molecule is O=C(O)CCC(C(=O)O)N(O)C(=O)NC(CCCCNC(=O)Cn1cc(CCCF)nn1)C(=O)O. The van der Waals surface area contributed by atoms with Crippen LogP contribution in [0.25, 0.3) is 0 Å². The maximum Gasteiger partial charge on any atom is 0.342 e. The number of aliphatic carboxylic acids is 3. The van der Waals surface area contributed by atoms with Crippen LogP contribution in [-0.4, -0.2) is 95.7 Å². The molecule has 2 atom stereocenters. The van der Waals surface area contributed by atoms with Crippen LogP contribution in [-0.2, 0) is 32.1 Å². The molecule has 0 fully saturated rings. The number of aromatic nitrogens is 3. The first kappa shape index (κ1) is 29.2. The third kappa shape index (κ3) is 11.2. The van der Waals surface area contributed by atoms with Crippen LogP contribution in [0.1, 0.15) is 44.2 Å². The van der Waals surface area contributed by atoms with E-state index in [1.807, 2.05) is 5.32 Å². The molecule has 1 aromatic rings. The van der Waals surface area contributed by atoms with E-state index in [1.54, 1.807) is 0 Å². The number of aryl methyl sites for hydroxylation is 1. The van der Waals surface area contributed by atoms with E-state index in [-0.39, 0.29) is 36.9 Å². The lowest BCUT2D eigenvalue weighted by Gasteiger charge is -2.24. The van der Waals surface area contributed by atoms with Gasteiger partial charge < -0.3 is 26.0 Å². The first-order chi connectivity index (χ1) is 16.5. The molecule has 1 aromatic heterocycles. The summed E-state index contributed by atoms with van der Waals surface area (Å²) < 4.78 is 13.5. The van der Waals surface area contributed by atoms with Gasteiger partial charge in [0.2, 0.25) is 5.91 Å². The Kier molecular flexibility index (Phi) is 12.6. The van der Waals surface area contributed by atoms with Gasteiger partial charge in [-0.25, -0.2) is 19.1 Å². The minimum absolute atomic E-state index is 0.0847. The van der Waals surface area contributed by atoms with Gasteiger partial charge in [-0.05, 0) is 38.5 Å². The Balaban J connectivity index is 2.42. The van der Waals surface area contributed by atoms with Crippen molar-refractivity contribution in [1.29, 1.82) is 0 Å². The molecule has 196 valence electrons. The molecule has 2 unspecified atom stereocenters. The van der Waals surface area contributed by atoms with Crippen LogP contribution < -0.4 is 10.6 Å². The standard InChI is InChI=1S/C19H29FN6O9/c20-8-3-4-12-10-25(24-23-12)11-15(27)21-9-2-1-5-13(17(30)31)22-19(34)26(35)14(18(32)33)6-7-16(28)29/h10,13-14,35H,1-9,11H2,(H,21,27)(H,22,34)(H,28,29)(H,30,31)(H,32,33). The molecule has 0 aliphatic rings. The summed E-state index contributed by atoms with van der Waals surface area (Å²) in [5, 5.41) is 48.8. The van der Waals surface area contributed by atoms with Crippen LogP contribution in [0.3, 0.4) is 0 Å². The lowest BCUT2D eigenvalue weighted by atomic mass is 10.1. The van der Waals surface area contributed by atoms with Gasteiger partial charge in [-0.2, -0.15) is 5.06 Å². The minimum atomic E-state index is -1.87. The number of nitrogens with one attached hydrogen (secondary N) is 2. The van der Waals surface area contributed by atoms with Crippen molar-refractivity contribution in [2.45, 2.75) is 63.6 Å². The fourth-order valence-electron chi connectivity index (χ4n) is 2.91. The highest BCUT2D eigenvalue weighted by molar-refractivity contribution is 5.85. The summed E-state index contributed by atoms with van der Waals surface area (Å²) in [5.74, 6) is -4.79. The number of amides is 3. The molecule has 1 rings (SSSR count). The average molecular weight is 504 g/mol. The predicted octanol–water partition coefficient (Wildman–Crippen LogP) is -0.361. The molecule has 1 heterocycles. The molecule has 0 aliphatic heterocycles. The predicted molar refractivity (Wildman–Crippen MR) is 113 cm³/mol. The first-order valence-corrected chi connectivity index (χ1v) is 10.7. The summed E-state index contributed by atoms with van der Waals surface area (Å²) in [6.45, 7) is -0.381. The van der Waals surface area contributed by atoms with E-state index in [0.717, 1.165) is 0 Å². The second-order valence-electron chi connectivity index (χ2n) is 7.52. The van der Waals surface area contributed by atoms with Crippen LogP contribution in [0, 0.1) is 0 Å². The highest BCUT2D eigenvalue weighted by Gasteiger charge is 2.31. The molecular weight excluding hydrogens is 475 g/mol. The van der Waals surface area contributed by atoms with E-state index in [2.05, 4.69) is 15.6 Å². The number of rotatable bonds is 17. The number of unbranched alkanes of at least 4 members (excludes halogenated alkanes) is 1. The quantitative estimate of drug-likeness (QED) is 0.0912. The summed E-state index contributed by atoms with van der Waals surface area (Å²) in [6, 6.07) is -4.73. The highest BCUT2D eigenvalue weighted by atomic mass is 19.1. The van der Waals surface area contributed by atoms with Crippen LogP contribution in [0.2, 0.25) is 0 Å². The largest absolute Gasteiger partial charge is 0.481 e. The molecule has 35 heavy (non-hydrogen) atoms. The number of carboxylic acids is 3. The molecule has 0 saturated heterocycles. The lowest BCUT2D eigenvalue weighted by Crippen LogP contribution is -2.52. The Bertz CT molecular complexity index is 881. The van der Waals surface area contributed by atoms with Gasteiger partial charge in [0.25, 0.3) is 0 Å². The van der Waals surface area contributed by atoms with Crippen molar-refractivity contribution in [3.8, 4) is 0 Å². The van der Waals surface area contributed by atoms with Gasteiger partial charge in [0, 0.05) is 19.2 Å². The van der Waals surface area contributed by atoms with Crippen molar-refractivity contribution in [2.24, 2.45) is 0 Å². The molecular formula is C19H29FN6O9. The second kappa shape index (κ2) is 15.2. The smallest absolute Gasteiger partial charge is 0.342 e. The maximum absolute atomic E-state index is 12.2. The third-order valence-corrected chi connectivity index (χ3v) is 4.72. The van der Waals surface area contributed by atoms with Gasteiger partial charge in [-0.15, -0.1) is 5.10 Å². The van der Waals surface area contributed by atoms with Gasteiger partial charge in [-0.1, -0.05) is 5.21 Å². The third-order valence-electron chi connectivity index (χ3n) is 4.72. The fourth-order valence-corrected chi connectivity index (χ4v) is 2.91. The molecule has 0 radical (unpaired) electrons. The number of hydrogen-bond acceptors (Lipinski definition) is 8. The number of halogens is 1. The number of carboxylic acid groups (broad SMARTS) is 3. The lowest BCUT2D eigenvalue weighted by molar-refractivity contribution is -0.158. The van der Waals surface area contributed by atoms with Crippen molar-refractivity contribution in [2.75, 3.05) is 13.2 Å². The first-order valence-electron chi connectivity index (χ1n) is 10.7. The summed E-state index contributed by atoms with van der Waals surface area (Å²) >= 11 is 0. The van der Waals surface area contributed by atoms with E-state index in [0.29, 0.717) is 25.0 Å². The topological polar surface area (TPSA) is 224 Å². The zero-order chi connectivity index (χ0) is 26.4. The van der Waals surface area contributed by atoms with Gasteiger partial charge in [0.1, 0.15) is 12.6 Å². The molecule has 0 aromatic carbocycles. The Morgan fingerprint density at radius 1 is 1.06 bits per heavy atom. The Morgan fingerprint density at radius 3 is 2.37 bits per heavy atom. The van der Waals surface area contributed by atoms with E-state index < -0.39 is 55.5 Å². The Morgan fingerprint density at radius 2 is 1.77 bits per heavy atom.